The molecular formula is C16H29N5O2. The molecule has 2 aliphatic heterocycles. The molecule has 0 amide bonds. The molecule has 130 valence electrons. The van der Waals surface area contributed by atoms with Gasteiger partial charge in [0.25, 0.3) is 0 Å². The van der Waals surface area contributed by atoms with E-state index in [1.54, 1.807) is 7.11 Å². The van der Waals surface area contributed by atoms with E-state index in [-0.39, 0.29) is 5.41 Å². The van der Waals surface area contributed by atoms with Crippen molar-refractivity contribution in [3.05, 3.63) is 0 Å². The van der Waals surface area contributed by atoms with Crippen molar-refractivity contribution in [1.29, 1.82) is 0 Å². The highest BCUT2D eigenvalue weighted by atomic mass is 16.5. The van der Waals surface area contributed by atoms with Crippen LogP contribution in [0.5, 0.6) is 0 Å². The number of aromatic nitrogens is 4. The maximum atomic E-state index is 5.63. The molecule has 1 aromatic rings. The first-order valence-corrected chi connectivity index (χ1v) is 8.71. The number of ether oxygens (including phenoxy) is 2. The number of methoxy groups -OCH3 is 1. The molecule has 7 nitrogen and oxygen atoms in total. The third-order valence-corrected chi connectivity index (χ3v) is 5.19. The first-order chi connectivity index (χ1) is 11.1. The summed E-state index contributed by atoms with van der Waals surface area (Å²) in [6.45, 7) is 8.94. The van der Waals surface area contributed by atoms with Crippen LogP contribution in [0.2, 0.25) is 0 Å². The Balaban J connectivity index is 1.57. The summed E-state index contributed by atoms with van der Waals surface area (Å²) < 4.78 is 13.0. The van der Waals surface area contributed by atoms with Gasteiger partial charge in [0.05, 0.1) is 12.7 Å². The van der Waals surface area contributed by atoms with Crippen molar-refractivity contribution < 1.29 is 9.47 Å². The molecule has 3 atom stereocenters. The summed E-state index contributed by atoms with van der Waals surface area (Å²) in [5.74, 6) is 1.62. The third kappa shape index (κ3) is 4.01. The summed E-state index contributed by atoms with van der Waals surface area (Å²) in [5.41, 5.74) is 0.196. The number of anilines is 1. The lowest BCUT2D eigenvalue weighted by molar-refractivity contribution is -0.000179. The van der Waals surface area contributed by atoms with Crippen LogP contribution in [-0.4, -0.2) is 59.7 Å². The van der Waals surface area contributed by atoms with Crippen LogP contribution in [0.15, 0.2) is 0 Å². The van der Waals surface area contributed by atoms with Gasteiger partial charge in [-0.25, -0.2) is 4.68 Å². The van der Waals surface area contributed by atoms with Gasteiger partial charge >= 0.3 is 0 Å². The highest BCUT2D eigenvalue weighted by Crippen LogP contribution is 2.32. The summed E-state index contributed by atoms with van der Waals surface area (Å²) in [5, 5.41) is 12.4. The van der Waals surface area contributed by atoms with Gasteiger partial charge < -0.3 is 14.4 Å². The molecule has 23 heavy (non-hydrogen) atoms. The van der Waals surface area contributed by atoms with E-state index < -0.39 is 0 Å². The van der Waals surface area contributed by atoms with Crippen molar-refractivity contribution in [3.63, 3.8) is 0 Å². The molecule has 2 aliphatic rings. The molecule has 7 heteroatoms. The number of hydrogen-bond acceptors (Lipinski definition) is 6. The normalized spacial score (nSPS) is 31.7. The highest BCUT2D eigenvalue weighted by molar-refractivity contribution is 5.31. The van der Waals surface area contributed by atoms with Gasteiger partial charge in [-0.05, 0) is 49.0 Å². The molecular weight excluding hydrogens is 294 g/mol. The molecule has 0 aromatic carbocycles. The van der Waals surface area contributed by atoms with Crippen molar-refractivity contribution in [2.24, 2.45) is 11.3 Å². The van der Waals surface area contributed by atoms with Gasteiger partial charge in [-0.15, -0.1) is 0 Å². The minimum Gasteiger partial charge on any atom is -0.384 e. The van der Waals surface area contributed by atoms with Gasteiger partial charge in [-0.3, -0.25) is 0 Å². The Morgan fingerprint density at radius 3 is 3.09 bits per heavy atom. The van der Waals surface area contributed by atoms with Crippen LogP contribution in [0, 0.1) is 11.3 Å². The summed E-state index contributed by atoms with van der Waals surface area (Å²) in [6.07, 6.45) is 4.92. The predicted molar refractivity (Wildman–Crippen MR) is 87.4 cm³/mol. The van der Waals surface area contributed by atoms with E-state index in [0.29, 0.717) is 12.0 Å². The lowest BCUT2D eigenvalue weighted by Crippen LogP contribution is -2.30. The Morgan fingerprint density at radius 2 is 2.30 bits per heavy atom. The maximum Gasteiger partial charge on any atom is 0.245 e. The molecule has 0 aliphatic carbocycles. The summed E-state index contributed by atoms with van der Waals surface area (Å²) in [7, 11) is 1.77. The number of aryl methyl sites for hydroxylation is 1. The lowest BCUT2D eigenvalue weighted by Gasteiger charge is -2.27. The highest BCUT2D eigenvalue weighted by Gasteiger charge is 2.36. The minimum absolute atomic E-state index is 0.196. The Bertz CT molecular complexity index is 508. The van der Waals surface area contributed by atoms with Crippen LogP contribution in [-0.2, 0) is 16.0 Å². The van der Waals surface area contributed by atoms with E-state index in [9.17, 15) is 0 Å². The average Bonchev–Trinajstić information content (AvgIpc) is 3.12. The van der Waals surface area contributed by atoms with Crippen LogP contribution in [0.3, 0.4) is 0 Å². The Morgan fingerprint density at radius 1 is 1.43 bits per heavy atom. The monoisotopic (exact) mass is 323 g/mol. The Kier molecular flexibility index (Phi) is 5.16. The zero-order valence-electron chi connectivity index (χ0n) is 14.6. The largest absolute Gasteiger partial charge is 0.384 e. The smallest absolute Gasteiger partial charge is 0.245 e. The van der Waals surface area contributed by atoms with Gasteiger partial charge in [0.15, 0.2) is 0 Å². The molecule has 1 aromatic heterocycles. The Hall–Kier alpha value is -1.21. The maximum absolute atomic E-state index is 5.63. The van der Waals surface area contributed by atoms with E-state index in [4.69, 9.17) is 9.47 Å². The summed E-state index contributed by atoms with van der Waals surface area (Å²) in [4.78, 5) is 2.30. The van der Waals surface area contributed by atoms with Gasteiger partial charge in [0.2, 0.25) is 5.95 Å². The van der Waals surface area contributed by atoms with Gasteiger partial charge in [0.1, 0.15) is 0 Å². The first kappa shape index (κ1) is 16.6. The fourth-order valence-electron chi connectivity index (χ4n) is 3.89. The molecule has 0 N–H and O–H groups in total. The van der Waals surface area contributed by atoms with Crippen LogP contribution < -0.4 is 4.90 Å². The molecule has 3 rings (SSSR count). The third-order valence-electron chi connectivity index (χ3n) is 5.19. The molecule has 0 saturated carbocycles. The van der Waals surface area contributed by atoms with Gasteiger partial charge in [0, 0.05) is 38.8 Å². The quantitative estimate of drug-likeness (QED) is 0.794. The van der Waals surface area contributed by atoms with Crippen molar-refractivity contribution in [2.75, 3.05) is 38.3 Å². The van der Waals surface area contributed by atoms with E-state index in [1.807, 2.05) is 4.68 Å². The molecule has 0 radical (unpaired) electrons. The van der Waals surface area contributed by atoms with Gasteiger partial charge in [-0.2, -0.15) is 0 Å². The Labute approximate surface area is 138 Å². The van der Waals surface area contributed by atoms with Crippen molar-refractivity contribution in [1.82, 2.24) is 20.2 Å². The molecule has 3 heterocycles. The fourth-order valence-corrected chi connectivity index (χ4v) is 3.89. The topological polar surface area (TPSA) is 65.3 Å². The molecule has 0 spiro atoms. The predicted octanol–water partition coefficient (Wildman–Crippen LogP) is 1.74. The molecule has 0 bridgehead atoms. The van der Waals surface area contributed by atoms with E-state index in [2.05, 4.69) is 34.3 Å². The minimum atomic E-state index is 0.196. The van der Waals surface area contributed by atoms with E-state index in [1.165, 1.54) is 0 Å². The van der Waals surface area contributed by atoms with Crippen LogP contribution in [0.4, 0.5) is 5.95 Å². The van der Waals surface area contributed by atoms with Crippen molar-refractivity contribution in [2.45, 2.75) is 52.2 Å². The molecule has 2 fully saturated rings. The van der Waals surface area contributed by atoms with Crippen LogP contribution in [0.1, 0.15) is 39.5 Å². The van der Waals surface area contributed by atoms with Crippen molar-refractivity contribution in [3.8, 4) is 0 Å². The zero-order chi connectivity index (χ0) is 16.3. The lowest BCUT2D eigenvalue weighted by atomic mass is 9.91. The summed E-state index contributed by atoms with van der Waals surface area (Å²) >= 11 is 0. The van der Waals surface area contributed by atoms with Crippen molar-refractivity contribution >= 4 is 5.95 Å². The number of hydrogen-bond donors (Lipinski definition) is 0. The number of rotatable bonds is 6. The molecule has 3 unspecified atom stereocenters. The second kappa shape index (κ2) is 7.13. The second-order valence-corrected chi connectivity index (χ2v) is 7.48. The standard InChI is InChI=1S/C16H29N5O2/c1-13-10-14(5-9-23-13)4-7-21-15(17-18-19-21)20-8-6-16(2,11-20)12-22-3/h13-14H,4-12H2,1-3H3. The van der Waals surface area contributed by atoms with Crippen LogP contribution >= 0.6 is 0 Å². The van der Waals surface area contributed by atoms with E-state index >= 15 is 0 Å². The van der Waals surface area contributed by atoms with E-state index in [0.717, 1.165) is 64.5 Å². The summed E-state index contributed by atoms with van der Waals surface area (Å²) in [6, 6.07) is 0. The number of nitrogens with zero attached hydrogens (tertiary/aromatic N) is 5. The second-order valence-electron chi connectivity index (χ2n) is 7.48. The fraction of sp³-hybridized carbons (Fsp3) is 0.938. The zero-order valence-corrected chi connectivity index (χ0v) is 14.6. The number of tetrazole rings is 1. The van der Waals surface area contributed by atoms with Crippen LogP contribution in [0.25, 0.3) is 0 Å². The molecule has 2 saturated heterocycles. The first-order valence-electron chi connectivity index (χ1n) is 8.71. The average molecular weight is 323 g/mol. The SMILES string of the molecule is COCC1(C)CCN(c2nnnn2CCC2CCOC(C)C2)C1. The van der Waals surface area contributed by atoms with Gasteiger partial charge in [-0.1, -0.05) is 12.0 Å².